The van der Waals surface area contributed by atoms with Gasteiger partial charge in [-0.1, -0.05) is 42.0 Å². The molecule has 1 atom stereocenters. The maximum atomic E-state index is 12.1. The summed E-state index contributed by atoms with van der Waals surface area (Å²) in [7, 11) is 0. The van der Waals surface area contributed by atoms with Crippen molar-refractivity contribution in [2.24, 2.45) is 5.92 Å². The number of halogens is 1. The average molecular weight is 423 g/mol. The number of carboxylic acids is 1. The fourth-order valence-electron chi connectivity index (χ4n) is 2.24. The Morgan fingerprint density at radius 2 is 1.78 bits per heavy atom. The van der Waals surface area contributed by atoms with E-state index in [1.54, 1.807) is 6.07 Å². The van der Waals surface area contributed by atoms with Crippen molar-refractivity contribution in [1.29, 1.82) is 0 Å². The van der Waals surface area contributed by atoms with Crippen molar-refractivity contribution >= 4 is 40.2 Å². The molecule has 1 unspecified atom stereocenters. The number of carboxylic acid groups (broad SMARTS) is 1. The standard InChI is InChI=1S/C18H18INO3/c1-12-6-8-13(9-7-12)10-14(18(22)23)11-17(21)20-16-5-3-2-4-15(16)19/h2-9,14H,10-11H2,1H3,(H,20,21)(H,22,23). The minimum atomic E-state index is -0.955. The molecule has 0 bridgehead atoms. The van der Waals surface area contributed by atoms with Crippen molar-refractivity contribution in [3.63, 3.8) is 0 Å². The smallest absolute Gasteiger partial charge is 0.307 e. The third kappa shape index (κ3) is 5.35. The lowest BCUT2D eigenvalue weighted by atomic mass is 9.95. The third-order valence-corrected chi connectivity index (χ3v) is 4.47. The first-order valence-electron chi connectivity index (χ1n) is 7.28. The van der Waals surface area contributed by atoms with E-state index in [1.807, 2.05) is 49.4 Å². The maximum absolute atomic E-state index is 12.1. The minimum Gasteiger partial charge on any atom is -0.481 e. The number of amides is 1. The minimum absolute atomic E-state index is 0.0474. The van der Waals surface area contributed by atoms with E-state index >= 15 is 0 Å². The van der Waals surface area contributed by atoms with Gasteiger partial charge in [0.2, 0.25) is 5.91 Å². The number of nitrogens with one attached hydrogen (secondary N) is 1. The SMILES string of the molecule is Cc1ccc(CC(CC(=O)Nc2ccccc2I)C(=O)O)cc1. The van der Waals surface area contributed by atoms with Gasteiger partial charge in [-0.3, -0.25) is 9.59 Å². The number of hydrogen-bond donors (Lipinski definition) is 2. The summed E-state index contributed by atoms with van der Waals surface area (Å²) in [6.45, 7) is 1.98. The molecule has 0 aromatic heterocycles. The van der Waals surface area contributed by atoms with Gasteiger partial charge < -0.3 is 10.4 Å². The highest BCUT2D eigenvalue weighted by Gasteiger charge is 2.22. The molecule has 2 aromatic carbocycles. The van der Waals surface area contributed by atoms with Crippen LogP contribution in [0.2, 0.25) is 0 Å². The first-order chi connectivity index (χ1) is 11.0. The number of hydrogen-bond acceptors (Lipinski definition) is 2. The fourth-order valence-corrected chi connectivity index (χ4v) is 2.77. The van der Waals surface area contributed by atoms with Crippen LogP contribution in [0.3, 0.4) is 0 Å². The van der Waals surface area contributed by atoms with Crippen molar-refractivity contribution in [1.82, 2.24) is 0 Å². The number of benzene rings is 2. The first-order valence-corrected chi connectivity index (χ1v) is 8.36. The van der Waals surface area contributed by atoms with Crippen LogP contribution in [-0.2, 0) is 16.0 Å². The fraction of sp³-hybridized carbons (Fsp3) is 0.222. The molecule has 4 nitrogen and oxygen atoms in total. The van der Waals surface area contributed by atoms with Crippen LogP contribution < -0.4 is 5.32 Å². The summed E-state index contributed by atoms with van der Waals surface area (Å²) < 4.78 is 0.920. The van der Waals surface area contributed by atoms with E-state index in [4.69, 9.17) is 0 Å². The molecule has 0 aliphatic rings. The van der Waals surface area contributed by atoms with Crippen LogP contribution in [-0.4, -0.2) is 17.0 Å². The highest BCUT2D eigenvalue weighted by Crippen LogP contribution is 2.19. The topological polar surface area (TPSA) is 66.4 Å². The molecule has 0 fully saturated rings. The molecular formula is C18H18INO3. The number of carbonyl (C=O) groups excluding carboxylic acids is 1. The van der Waals surface area contributed by atoms with Crippen molar-refractivity contribution in [2.75, 3.05) is 5.32 Å². The Bertz CT molecular complexity index is 698. The second-order valence-electron chi connectivity index (χ2n) is 5.46. The monoisotopic (exact) mass is 423 g/mol. The summed E-state index contributed by atoms with van der Waals surface area (Å²) in [5.74, 6) is -1.98. The van der Waals surface area contributed by atoms with Crippen LogP contribution in [0.1, 0.15) is 17.5 Å². The lowest BCUT2D eigenvalue weighted by Crippen LogP contribution is -2.24. The summed E-state index contributed by atoms with van der Waals surface area (Å²) in [6, 6.07) is 15.1. The molecule has 0 aliphatic heterocycles. The van der Waals surface area contributed by atoms with Crippen LogP contribution >= 0.6 is 22.6 Å². The van der Waals surface area contributed by atoms with E-state index < -0.39 is 11.9 Å². The van der Waals surface area contributed by atoms with E-state index in [2.05, 4.69) is 27.9 Å². The Balaban J connectivity index is 2.01. The summed E-state index contributed by atoms with van der Waals surface area (Å²) in [4.78, 5) is 23.6. The van der Waals surface area contributed by atoms with E-state index in [0.717, 1.165) is 14.7 Å². The number of aliphatic carboxylic acids is 1. The Labute approximate surface area is 149 Å². The van der Waals surface area contributed by atoms with Gasteiger partial charge in [-0.05, 0) is 53.6 Å². The van der Waals surface area contributed by atoms with E-state index in [1.165, 1.54) is 0 Å². The van der Waals surface area contributed by atoms with E-state index in [9.17, 15) is 14.7 Å². The molecule has 5 heteroatoms. The molecule has 0 saturated carbocycles. The third-order valence-electron chi connectivity index (χ3n) is 3.53. The van der Waals surface area contributed by atoms with Crippen LogP contribution in [0, 0.1) is 16.4 Å². The number of para-hydroxylation sites is 1. The lowest BCUT2D eigenvalue weighted by Gasteiger charge is -2.13. The van der Waals surface area contributed by atoms with Gasteiger partial charge >= 0.3 is 5.97 Å². The predicted octanol–water partition coefficient (Wildman–Crippen LogP) is 3.87. The predicted molar refractivity (Wildman–Crippen MR) is 98.4 cm³/mol. The van der Waals surface area contributed by atoms with Gasteiger partial charge in [-0.2, -0.15) is 0 Å². The largest absolute Gasteiger partial charge is 0.481 e. The van der Waals surface area contributed by atoms with Gasteiger partial charge in [0.25, 0.3) is 0 Å². The lowest BCUT2D eigenvalue weighted by molar-refractivity contribution is -0.143. The first kappa shape index (κ1) is 17.5. The van der Waals surface area contributed by atoms with Gasteiger partial charge in [0, 0.05) is 9.99 Å². The summed E-state index contributed by atoms with van der Waals surface area (Å²) in [5, 5.41) is 12.2. The molecule has 0 aliphatic carbocycles. The van der Waals surface area contributed by atoms with E-state index in [-0.39, 0.29) is 12.3 Å². The normalized spacial score (nSPS) is 11.7. The summed E-state index contributed by atoms with van der Waals surface area (Å²) in [5.41, 5.74) is 2.75. The van der Waals surface area contributed by atoms with Gasteiger partial charge in [-0.25, -0.2) is 0 Å². The number of aryl methyl sites for hydroxylation is 1. The maximum Gasteiger partial charge on any atom is 0.307 e. The molecule has 23 heavy (non-hydrogen) atoms. The molecule has 0 heterocycles. The molecule has 120 valence electrons. The van der Waals surface area contributed by atoms with Gasteiger partial charge in [0.05, 0.1) is 11.6 Å². The summed E-state index contributed by atoms with van der Waals surface area (Å²) >= 11 is 2.13. The van der Waals surface area contributed by atoms with Crippen LogP contribution in [0.15, 0.2) is 48.5 Å². The second kappa shape index (κ2) is 8.10. The Hall–Kier alpha value is -1.89. The van der Waals surface area contributed by atoms with Crippen molar-refractivity contribution in [2.45, 2.75) is 19.8 Å². The molecule has 1 amide bonds. The average Bonchev–Trinajstić information content (AvgIpc) is 2.51. The molecule has 0 radical (unpaired) electrons. The molecule has 0 spiro atoms. The van der Waals surface area contributed by atoms with Gasteiger partial charge in [0.1, 0.15) is 0 Å². The Kier molecular flexibility index (Phi) is 6.15. The van der Waals surface area contributed by atoms with E-state index in [0.29, 0.717) is 12.1 Å². The highest BCUT2D eigenvalue weighted by molar-refractivity contribution is 14.1. The van der Waals surface area contributed by atoms with Gasteiger partial charge in [0.15, 0.2) is 0 Å². The molecule has 0 saturated heterocycles. The molecule has 2 rings (SSSR count). The number of anilines is 1. The Morgan fingerprint density at radius 3 is 2.39 bits per heavy atom. The molecule has 2 N–H and O–H groups in total. The zero-order valence-corrected chi connectivity index (χ0v) is 14.9. The van der Waals surface area contributed by atoms with Crippen LogP contribution in [0.4, 0.5) is 5.69 Å². The van der Waals surface area contributed by atoms with Crippen molar-refractivity contribution < 1.29 is 14.7 Å². The van der Waals surface area contributed by atoms with Gasteiger partial charge in [-0.15, -0.1) is 0 Å². The molecular weight excluding hydrogens is 405 g/mol. The second-order valence-corrected chi connectivity index (χ2v) is 6.62. The Morgan fingerprint density at radius 1 is 1.13 bits per heavy atom. The van der Waals surface area contributed by atoms with Crippen molar-refractivity contribution in [3.05, 3.63) is 63.2 Å². The highest BCUT2D eigenvalue weighted by atomic mass is 127. The number of rotatable bonds is 6. The van der Waals surface area contributed by atoms with Crippen molar-refractivity contribution in [3.8, 4) is 0 Å². The zero-order chi connectivity index (χ0) is 16.8. The summed E-state index contributed by atoms with van der Waals surface area (Å²) in [6.07, 6.45) is 0.295. The zero-order valence-electron chi connectivity index (χ0n) is 12.8. The van der Waals surface area contributed by atoms with Crippen LogP contribution in [0.5, 0.6) is 0 Å². The number of carbonyl (C=O) groups is 2. The molecule has 2 aromatic rings. The quantitative estimate of drug-likeness (QED) is 0.694. The van der Waals surface area contributed by atoms with Crippen LogP contribution in [0.25, 0.3) is 0 Å².